The van der Waals surface area contributed by atoms with E-state index in [4.69, 9.17) is 16.7 Å². The van der Waals surface area contributed by atoms with E-state index in [0.717, 1.165) is 0 Å². The summed E-state index contributed by atoms with van der Waals surface area (Å²) in [4.78, 5) is 0. The van der Waals surface area contributed by atoms with Crippen LogP contribution in [0.3, 0.4) is 0 Å². The first kappa shape index (κ1) is 13.5. The largest absolute Gasteiger partial charge is 0.508 e. The van der Waals surface area contributed by atoms with E-state index in [-0.39, 0.29) is 18.2 Å². The maximum atomic E-state index is 9.57. The van der Waals surface area contributed by atoms with Gasteiger partial charge >= 0.3 is 0 Å². The number of rotatable bonds is 3. The number of halogens is 2. The molecule has 14 heavy (non-hydrogen) atoms. The molecule has 1 aromatic carbocycles. The van der Waals surface area contributed by atoms with Crippen LogP contribution in [0.15, 0.2) is 18.2 Å². The van der Waals surface area contributed by atoms with Gasteiger partial charge in [0, 0.05) is 17.1 Å². The molecule has 0 aliphatic heterocycles. The highest BCUT2D eigenvalue weighted by Gasteiger charge is 2.10. The van der Waals surface area contributed by atoms with Gasteiger partial charge in [0.25, 0.3) is 0 Å². The summed E-state index contributed by atoms with van der Waals surface area (Å²) in [5.41, 5.74) is 0.538. The van der Waals surface area contributed by atoms with Crippen LogP contribution in [0.25, 0.3) is 0 Å². The van der Waals surface area contributed by atoms with Crippen LogP contribution >= 0.6 is 24.0 Å². The van der Waals surface area contributed by atoms with Gasteiger partial charge in [0.05, 0.1) is 6.10 Å². The normalized spacial score (nSPS) is 11.9. The molecule has 0 heterocycles. The third-order valence-corrected chi connectivity index (χ3v) is 2.08. The number of likely N-dealkylation sites (N-methyl/N-ethyl adjacent to an activating group) is 1. The predicted molar refractivity (Wildman–Crippen MR) is 59.3 cm³/mol. The van der Waals surface area contributed by atoms with Gasteiger partial charge in [-0.2, -0.15) is 0 Å². The number of benzene rings is 1. The predicted octanol–water partition coefficient (Wildman–Crippen LogP) is 1.72. The fourth-order valence-electron chi connectivity index (χ4n) is 1.09. The highest BCUT2D eigenvalue weighted by molar-refractivity contribution is 6.31. The molecule has 0 saturated heterocycles. The maximum Gasteiger partial charge on any atom is 0.116 e. The van der Waals surface area contributed by atoms with Gasteiger partial charge in [-0.25, -0.2) is 0 Å². The van der Waals surface area contributed by atoms with Gasteiger partial charge < -0.3 is 15.5 Å². The maximum absolute atomic E-state index is 9.57. The fraction of sp³-hybridized carbons (Fsp3) is 0.333. The zero-order valence-corrected chi connectivity index (χ0v) is 9.27. The molecule has 3 N–H and O–H groups in total. The van der Waals surface area contributed by atoms with Crippen molar-refractivity contribution in [3.05, 3.63) is 28.8 Å². The highest BCUT2D eigenvalue weighted by Crippen LogP contribution is 2.26. The van der Waals surface area contributed by atoms with E-state index in [1.807, 2.05) is 0 Å². The molecule has 0 saturated carbocycles. The standard InChI is InChI=1S/C9H12ClNO2.ClH/c1-11-5-9(13)7-4-6(12)2-3-8(7)10;/h2-4,9,11-13H,5H2,1H3;1H. The lowest BCUT2D eigenvalue weighted by atomic mass is 10.1. The molecule has 0 aliphatic carbocycles. The van der Waals surface area contributed by atoms with Crippen molar-refractivity contribution in [2.24, 2.45) is 0 Å². The molecule has 80 valence electrons. The first-order valence-corrected chi connectivity index (χ1v) is 4.34. The van der Waals surface area contributed by atoms with Crippen molar-refractivity contribution in [2.45, 2.75) is 6.10 Å². The summed E-state index contributed by atoms with van der Waals surface area (Å²) >= 11 is 5.83. The Balaban J connectivity index is 0.00000169. The van der Waals surface area contributed by atoms with Gasteiger partial charge in [0.15, 0.2) is 0 Å². The van der Waals surface area contributed by atoms with Crippen molar-refractivity contribution in [2.75, 3.05) is 13.6 Å². The molecule has 0 bridgehead atoms. The van der Waals surface area contributed by atoms with Crippen molar-refractivity contribution in [1.82, 2.24) is 5.32 Å². The Hall–Kier alpha value is -0.480. The third kappa shape index (κ3) is 3.35. The topological polar surface area (TPSA) is 52.5 Å². The number of hydrogen-bond donors (Lipinski definition) is 3. The third-order valence-electron chi connectivity index (χ3n) is 1.74. The monoisotopic (exact) mass is 237 g/mol. The Bertz CT molecular complexity index is 294. The highest BCUT2D eigenvalue weighted by atomic mass is 35.5. The van der Waals surface area contributed by atoms with E-state index in [1.54, 1.807) is 13.1 Å². The zero-order chi connectivity index (χ0) is 9.84. The summed E-state index contributed by atoms with van der Waals surface area (Å²) in [6.45, 7) is 0.406. The summed E-state index contributed by atoms with van der Waals surface area (Å²) in [7, 11) is 1.74. The number of aliphatic hydroxyl groups is 1. The lowest BCUT2D eigenvalue weighted by Gasteiger charge is -2.11. The van der Waals surface area contributed by atoms with Gasteiger partial charge in [-0.15, -0.1) is 12.4 Å². The number of nitrogens with one attached hydrogen (secondary N) is 1. The minimum absolute atomic E-state index is 0. The van der Waals surface area contributed by atoms with Crippen molar-refractivity contribution in [3.63, 3.8) is 0 Å². The van der Waals surface area contributed by atoms with Crippen LogP contribution in [0.2, 0.25) is 5.02 Å². The Labute approximate surface area is 94.1 Å². The molecule has 1 unspecified atom stereocenters. The molecular formula is C9H13Cl2NO2. The molecule has 1 rings (SSSR count). The molecule has 5 heteroatoms. The summed E-state index contributed by atoms with van der Waals surface area (Å²) in [5, 5.41) is 22.0. The smallest absolute Gasteiger partial charge is 0.116 e. The Morgan fingerprint density at radius 1 is 1.50 bits per heavy atom. The summed E-state index contributed by atoms with van der Waals surface area (Å²) < 4.78 is 0. The van der Waals surface area contributed by atoms with Crippen LogP contribution in [0.5, 0.6) is 5.75 Å². The van der Waals surface area contributed by atoms with Crippen molar-refractivity contribution < 1.29 is 10.2 Å². The fourth-order valence-corrected chi connectivity index (χ4v) is 1.33. The van der Waals surface area contributed by atoms with E-state index in [0.29, 0.717) is 17.1 Å². The molecule has 3 nitrogen and oxygen atoms in total. The van der Waals surface area contributed by atoms with Crippen LogP contribution in [0, 0.1) is 0 Å². The SMILES string of the molecule is CNCC(O)c1cc(O)ccc1Cl.Cl. The number of aromatic hydroxyl groups is 1. The number of aliphatic hydroxyl groups excluding tert-OH is 1. The van der Waals surface area contributed by atoms with Crippen LogP contribution in [-0.4, -0.2) is 23.8 Å². The van der Waals surface area contributed by atoms with E-state index in [2.05, 4.69) is 5.32 Å². The average Bonchev–Trinajstić information content (AvgIpc) is 2.09. The van der Waals surface area contributed by atoms with Crippen molar-refractivity contribution >= 4 is 24.0 Å². The van der Waals surface area contributed by atoms with Gasteiger partial charge in [0.2, 0.25) is 0 Å². The summed E-state index contributed by atoms with van der Waals surface area (Å²) in [6.07, 6.45) is -0.690. The van der Waals surface area contributed by atoms with Gasteiger partial charge in [0.1, 0.15) is 5.75 Å². The second-order valence-corrected chi connectivity index (χ2v) is 3.19. The minimum atomic E-state index is -0.690. The quantitative estimate of drug-likeness (QED) is 0.751. The van der Waals surface area contributed by atoms with Crippen molar-refractivity contribution in [3.8, 4) is 5.75 Å². The Kier molecular flexibility index (Phi) is 5.88. The van der Waals surface area contributed by atoms with Gasteiger partial charge in [-0.1, -0.05) is 11.6 Å². The molecule has 1 aromatic rings. The second-order valence-electron chi connectivity index (χ2n) is 2.78. The molecule has 0 aliphatic rings. The number of phenols is 1. The first-order valence-electron chi connectivity index (χ1n) is 3.96. The van der Waals surface area contributed by atoms with Crippen molar-refractivity contribution in [1.29, 1.82) is 0 Å². The van der Waals surface area contributed by atoms with Crippen LogP contribution < -0.4 is 5.32 Å². The molecular weight excluding hydrogens is 225 g/mol. The Morgan fingerprint density at radius 3 is 2.71 bits per heavy atom. The molecule has 0 aromatic heterocycles. The van der Waals surface area contributed by atoms with Gasteiger partial charge in [-0.3, -0.25) is 0 Å². The average molecular weight is 238 g/mol. The van der Waals surface area contributed by atoms with E-state index < -0.39 is 6.10 Å². The summed E-state index contributed by atoms with van der Waals surface area (Å²) in [5.74, 6) is 0.106. The zero-order valence-electron chi connectivity index (χ0n) is 7.70. The van der Waals surface area contributed by atoms with Crippen LogP contribution in [-0.2, 0) is 0 Å². The molecule has 0 spiro atoms. The molecule has 0 amide bonds. The van der Waals surface area contributed by atoms with E-state index in [9.17, 15) is 5.11 Å². The van der Waals surface area contributed by atoms with E-state index >= 15 is 0 Å². The number of phenolic OH excluding ortho intramolecular Hbond substituents is 1. The van der Waals surface area contributed by atoms with E-state index in [1.165, 1.54) is 12.1 Å². The molecule has 0 radical (unpaired) electrons. The molecule has 0 fully saturated rings. The summed E-state index contributed by atoms with van der Waals surface area (Å²) in [6, 6.07) is 4.51. The first-order chi connectivity index (χ1) is 6.15. The lowest BCUT2D eigenvalue weighted by molar-refractivity contribution is 0.177. The minimum Gasteiger partial charge on any atom is -0.508 e. The lowest BCUT2D eigenvalue weighted by Crippen LogP contribution is -2.16. The van der Waals surface area contributed by atoms with Crippen LogP contribution in [0.4, 0.5) is 0 Å². The van der Waals surface area contributed by atoms with Crippen LogP contribution in [0.1, 0.15) is 11.7 Å². The molecule has 1 atom stereocenters. The van der Waals surface area contributed by atoms with Gasteiger partial charge in [-0.05, 0) is 25.2 Å². The second kappa shape index (κ2) is 6.09. The number of hydrogen-bond acceptors (Lipinski definition) is 3. The Morgan fingerprint density at radius 2 is 2.14 bits per heavy atom.